The summed E-state index contributed by atoms with van der Waals surface area (Å²) < 4.78 is 5.36. The highest BCUT2D eigenvalue weighted by Gasteiger charge is 2.48. The molecule has 3 heteroatoms. The van der Waals surface area contributed by atoms with Crippen LogP contribution < -0.4 is 0 Å². The zero-order valence-corrected chi connectivity index (χ0v) is 13.3. The normalized spacial score (nSPS) is 18.5. The van der Waals surface area contributed by atoms with E-state index in [2.05, 4.69) is 0 Å². The Morgan fingerprint density at radius 3 is 2.14 bits per heavy atom. The molecule has 0 heterocycles. The van der Waals surface area contributed by atoms with E-state index < -0.39 is 22.9 Å². The number of carbonyl (C=O) groups excluding carboxylic acids is 2. The van der Waals surface area contributed by atoms with Crippen LogP contribution in [0.2, 0.25) is 0 Å². The predicted molar refractivity (Wildman–Crippen MR) is 82.0 cm³/mol. The molecule has 21 heavy (non-hydrogen) atoms. The van der Waals surface area contributed by atoms with E-state index in [-0.39, 0.29) is 5.78 Å². The minimum absolute atomic E-state index is 0.00537. The fourth-order valence-corrected chi connectivity index (χ4v) is 2.88. The fraction of sp³-hybridized carbons (Fsp3) is 0.556. The van der Waals surface area contributed by atoms with Crippen LogP contribution in [0.25, 0.3) is 0 Å². The quantitative estimate of drug-likeness (QED) is 0.627. The lowest BCUT2D eigenvalue weighted by Gasteiger charge is -2.42. The van der Waals surface area contributed by atoms with Crippen molar-refractivity contribution in [2.75, 3.05) is 0 Å². The molecule has 0 radical (unpaired) electrons. The van der Waals surface area contributed by atoms with E-state index in [4.69, 9.17) is 4.74 Å². The molecule has 0 aromatic heterocycles. The van der Waals surface area contributed by atoms with E-state index in [1.54, 1.807) is 6.92 Å². The molecule has 114 valence electrons. The SMILES string of the molecule is CC(C(=O)OC(C)(C)C)C(=O)C1(c2ccccc2)CCC1. The molecular weight excluding hydrogens is 264 g/mol. The summed E-state index contributed by atoms with van der Waals surface area (Å²) in [7, 11) is 0. The number of ketones is 1. The Kier molecular flexibility index (Phi) is 4.22. The van der Waals surface area contributed by atoms with Gasteiger partial charge in [-0.15, -0.1) is 0 Å². The molecule has 1 saturated carbocycles. The zero-order chi connectivity index (χ0) is 15.7. The molecule has 0 bridgehead atoms. The molecule has 1 aliphatic rings. The average Bonchev–Trinajstić information content (AvgIpc) is 2.35. The fourth-order valence-electron chi connectivity index (χ4n) is 2.88. The maximum Gasteiger partial charge on any atom is 0.316 e. The van der Waals surface area contributed by atoms with Gasteiger partial charge in [-0.05, 0) is 46.1 Å². The number of rotatable bonds is 4. The molecule has 1 aliphatic carbocycles. The van der Waals surface area contributed by atoms with Gasteiger partial charge in [-0.3, -0.25) is 9.59 Å². The van der Waals surface area contributed by atoms with Crippen LogP contribution in [0.1, 0.15) is 52.5 Å². The topological polar surface area (TPSA) is 43.4 Å². The highest BCUT2D eigenvalue weighted by atomic mass is 16.6. The highest BCUT2D eigenvalue weighted by molar-refractivity contribution is 6.04. The van der Waals surface area contributed by atoms with Gasteiger partial charge in [0.25, 0.3) is 0 Å². The van der Waals surface area contributed by atoms with Gasteiger partial charge in [0.2, 0.25) is 0 Å². The van der Waals surface area contributed by atoms with E-state index >= 15 is 0 Å². The average molecular weight is 288 g/mol. The monoisotopic (exact) mass is 288 g/mol. The first-order valence-electron chi connectivity index (χ1n) is 7.59. The molecule has 0 aliphatic heterocycles. The van der Waals surface area contributed by atoms with Gasteiger partial charge in [0.05, 0.1) is 5.41 Å². The third-order valence-electron chi connectivity index (χ3n) is 4.16. The molecule has 2 rings (SSSR count). The Bertz CT molecular complexity index is 521. The lowest BCUT2D eigenvalue weighted by atomic mass is 9.60. The molecule has 1 unspecified atom stereocenters. The van der Waals surface area contributed by atoms with Crippen molar-refractivity contribution in [1.29, 1.82) is 0 Å². The minimum Gasteiger partial charge on any atom is -0.459 e. The Labute approximate surface area is 126 Å². The summed E-state index contributed by atoms with van der Waals surface area (Å²) in [5.41, 5.74) is -0.0282. The van der Waals surface area contributed by atoms with Crippen LogP contribution >= 0.6 is 0 Å². The minimum atomic E-state index is -0.718. The lowest BCUT2D eigenvalue weighted by molar-refractivity contribution is -0.163. The first-order valence-corrected chi connectivity index (χ1v) is 7.59. The van der Waals surface area contributed by atoms with Crippen LogP contribution in [-0.2, 0) is 19.7 Å². The summed E-state index contributed by atoms with van der Waals surface area (Å²) in [5, 5.41) is 0. The molecule has 1 aromatic rings. The standard InChI is InChI=1S/C18H24O3/c1-13(16(20)21-17(2,3)4)15(19)18(11-8-12-18)14-9-6-5-7-10-14/h5-7,9-10,13H,8,11-12H2,1-4H3. The second-order valence-electron chi connectivity index (χ2n) is 6.92. The number of ether oxygens (including phenoxy) is 1. The van der Waals surface area contributed by atoms with Crippen molar-refractivity contribution in [2.24, 2.45) is 5.92 Å². The summed E-state index contributed by atoms with van der Waals surface area (Å²) in [5.74, 6) is -1.14. The van der Waals surface area contributed by atoms with Gasteiger partial charge >= 0.3 is 5.97 Å². The largest absolute Gasteiger partial charge is 0.459 e. The second-order valence-corrected chi connectivity index (χ2v) is 6.92. The van der Waals surface area contributed by atoms with Crippen LogP contribution in [0, 0.1) is 5.92 Å². The molecule has 1 aromatic carbocycles. The number of hydrogen-bond donors (Lipinski definition) is 0. The highest BCUT2D eigenvalue weighted by Crippen LogP contribution is 2.46. The first-order chi connectivity index (χ1) is 9.76. The van der Waals surface area contributed by atoms with Crippen molar-refractivity contribution in [3.63, 3.8) is 0 Å². The van der Waals surface area contributed by atoms with E-state index in [0.29, 0.717) is 0 Å². The number of benzene rings is 1. The maximum absolute atomic E-state index is 12.9. The predicted octanol–water partition coefficient (Wildman–Crippen LogP) is 3.66. The van der Waals surface area contributed by atoms with Gasteiger partial charge in [-0.1, -0.05) is 36.8 Å². The molecule has 0 N–H and O–H groups in total. The molecule has 0 spiro atoms. The smallest absolute Gasteiger partial charge is 0.316 e. The summed E-state index contributed by atoms with van der Waals surface area (Å²) >= 11 is 0. The van der Waals surface area contributed by atoms with Crippen molar-refractivity contribution < 1.29 is 14.3 Å². The molecular formula is C18H24O3. The summed E-state index contributed by atoms with van der Waals surface area (Å²) in [4.78, 5) is 25.0. The molecule has 3 nitrogen and oxygen atoms in total. The van der Waals surface area contributed by atoms with Crippen molar-refractivity contribution in [2.45, 2.75) is 58.0 Å². The summed E-state index contributed by atoms with van der Waals surface area (Å²) in [6.07, 6.45) is 2.67. The van der Waals surface area contributed by atoms with Crippen molar-refractivity contribution in [3.05, 3.63) is 35.9 Å². The van der Waals surface area contributed by atoms with Crippen LogP contribution in [0.3, 0.4) is 0 Å². The van der Waals surface area contributed by atoms with E-state index in [1.807, 2.05) is 51.1 Å². The zero-order valence-electron chi connectivity index (χ0n) is 13.3. The van der Waals surface area contributed by atoms with Gasteiger partial charge in [0.1, 0.15) is 11.5 Å². The summed E-state index contributed by atoms with van der Waals surface area (Å²) in [6, 6.07) is 9.80. The van der Waals surface area contributed by atoms with Gasteiger partial charge in [-0.2, -0.15) is 0 Å². The Hall–Kier alpha value is -1.64. The number of carbonyl (C=O) groups is 2. The number of esters is 1. The number of hydrogen-bond acceptors (Lipinski definition) is 3. The third-order valence-corrected chi connectivity index (χ3v) is 4.16. The Morgan fingerprint density at radius 2 is 1.71 bits per heavy atom. The molecule has 1 fully saturated rings. The molecule has 0 saturated heterocycles. The van der Waals surface area contributed by atoms with Crippen LogP contribution in [0.4, 0.5) is 0 Å². The van der Waals surface area contributed by atoms with Crippen molar-refractivity contribution in [3.8, 4) is 0 Å². The van der Waals surface area contributed by atoms with Crippen LogP contribution in [-0.4, -0.2) is 17.4 Å². The van der Waals surface area contributed by atoms with Crippen molar-refractivity contribution >= 4 is 11.8 Å². The van der Waals surface area contributed by atoms with Gasteiger partial charge in [-0.25, -0.2) is 0 Å². The Balaban J connectivity index is 2.20. The van der Waals surface area contributed by atoms with Crippen molar-refractivity contribution in [1.82, 2.24) is 0 Å². The van der Waals surface area contributed by atoms with E-state index in [9.17, 15) is 9.59 Å². The van der Waals surface area contributed by atoms with Crippen LogP contribution in [0.5, 0.6) is 0 Å². The Morgan fingerprint density at radius 1 is 1.14 bits per heavy atom. The maximum atomic E-state index is 12.9. The van der Waals surface area contributed by atoms with Gasteiger partial charge < -0.3 is 4.74 Å². The second kappa shape index (κ2) is 5.63. The molecule has 0 amide bonds. The third kappa shape index (κ3) is 3.17. The van der Waals surface area contributed by atoms with Gasteiger partial charge in [0, 0.05) is 0 Å². The molecule has 1 atom stereocenters. The first kappa shape index (κ1) is 15.7. The van der Waals surface area contributed by atoms with Crippen LogP contribution in [0.15, 0.2) is 30.3 Å². The van der Waals surface area contributed by atoms with E-state index in [0.717, 1.165) is 24.8 Å². The summed E-state index contributed by atoms with van der Waals surface area (Å²) in [6.45, 7) is 7.12. The van der Waals surface area contributed by atoms with E-state index in [1.165, 1.54) is 0 Å². The number of Topliss-reactive ketones (excluding diaryl/α,β-unsaturated/α-hetero) is 1. The van der Waals surface area contributed by atoms with Gasteiger partial charge in [0.15, 0.2) is 5.78 Å². The lowest BCUT2D eigenvalue weighted by Crippen LogP contribution is -2.47.